The molecule has 1 heterocycles. The smallest absolute Gasteiger partial charge is 0.0434 e. The molecule has 0 aromatic heterocycles. The maximum atomic E-state index is 9.04. The molecule has 1 fully saturated rings. The Morgan fingerprint density at radius 3 is 2.62 bits per heavy atom. The molecule has 1 atom stereocenters. The van der Waals surface area contributed by atoms with Crippen LogP contribution in [0.2, 0.25) is 0 Å². The fourth-order valence-electron chi connectivity index (χ4n) is 2.83. The van der Waals surface area contributed by atoms with Crippen LogP contribution in [0.15, 0.2) is 30.3 Å². The number of aliphatic hydroxyl groups is 1. The minimum atomic E-state index is 0.210. The van der Waals surface area contributed by atoms with Crippen molar-refractivity contribution >= 4 is 5.69 Å². The molecule has 0 amide bonds. The molecule has 0 spiro atoms. The van der Waals surface area contributed by atoms with Crippen LogP contribution in [0.1, 0.15) is 26.7 Å². The van der Waals surface area contributed by atoms with Crippen molar-refractivity contribution in [2.75, 3.05) is 18.1 Å². The van der Waals surface area contributed by atoms with Gasteiger partial charge in [0.1, 0.15) is 0 Å². The summed E-state index contributed by atoms with van der Waals surface area (Å²) < 4.78 is 0. The van der Waals surface area contributed by atoms with Gasteiger partial charge in [0.2, 0.25) is 0 Å². The van der Waals surface area contributed by atoms with Gasteiger partial charge in [-0.3, -0.25) is 0 Å². The van der Waals surface area contributed by atoms with Gasteiger partial charge >= 0.3 is 0 Å². The second-order valence-corrected chi connectivity index (χ2v) is 5.34. The highest BCUT2D eigenvalue weighted by Crippen LogP contribution is 2.37. The molecule has 1 saturated heterocycles. The molecule has 88 valence electrons. The van der Waals surface area contributed by atoms with Crippen LogP contribution in [-0.4, -0.2) is 23.8 Å². The molecule has 2 rings (SSSR count). The minimum absolute atomic E-state index is 0.210. The van der Waals surface area contributed by atoms with Crippen LogP contribution in [0.3, 0.4) is 0 Å². The average Bonchev–Trinajstić information content (AvgIpc) is 2.55. The number of nitrogens with zero attached hydrogens (tertiary/aromatic N) is 1. The monoisotopic (exact) mass is 219 g/mol. The molecule has 0 aliphatic carbocycles. The summed E-state index contributed by atoms with van der Waals surface area (Å²) in [7, 11) is 0. The third-order valence-electron chi connectivity index (χ3n) is 3.56. The normalized spacial score (nSPS) is 23.7. The Hall–Kier alpha value is -1.02. The van der Waals surface area contributed by atoms with Gasteiger partial charge in [0.25, 0.3) is 0 Å². The summed E-state index contributed by atoms with van der Waals surface area (Å²) in [5, 5.41) is 9.04. The summed E-state index contributed by atoms with van der Waals surface area (Å²) in [5.74, 6) is 0.625. The molecule has 0 saturated carbocycles. The lowest BCUT2D eigenvalue weighted by atomic mass is 9.94. The van der Waals surface area contributed by atoms with E-state index in [1.807, 2.05) is 0 Å². The van der Waals surface area contributed by atoms with Gasteiger partial charge in [-0.1, -0.05) is 18.2 Å². The standard InChI is InChI=1S/C14H21NO/c1-14(2)10-12(8-9-16)11-15(14)13-6-4-3-5-7-13/h3-7,12,16H,8-11H2,1-2H3. The largest absolute Gasteiger partial charge is 0.396 e. The number of rotatable bonds is 3. The first-order valence-corrected chi connectivity index (χ1v) is 6.07. The zero-order valence-electron chi connectivity index (χ0n) is 10.2. The lowest BCUT2D eigenvalue weighted by molar-refractivity contribution is 0.259. The van der Waals surface area contributed by atoms with Crippen LogP contribution in [0.25, 0.3) is 0 Å². The number of hydrogen-bond donors (Lipinski definition) is 1. The molecule has 1 N–H and O–H groups in total. The lowest BCUT2D eigenvalue weighted by Crippen LogP contribution is -2.38. The molecular weight excluding hydrogens is 198 g/mol. The van der Waals surface area contributed by atoms with E-state index in [0.717, 1.165) is 13.0 Å². The Balaban J connectivity index is 2.16. The van der Waals surface area contributed by atoms with Crippen molar-refractivity contribution in [3.8, 4) is 0 Å². The van der Waals surface area contributed by atoms with Crippen LogP contribution in [0.5, 0.6) is 0 Å². The first kappa shape index (κ1) is 11.5. The van der Waals surface area contributed by atoms with Crippen LogP contribution in [0, 0.1) is 5.92 Å². The molecule has 1 aliphatic heterocycles. The van der Waals surface area contributed by atoms with Crippen molar-refractivity contribution in [2.45, 2.75) is 32.2 Å². The Kier molecular flexibility index (Phi) is 3.20. The molecule has 0 radical (unpaired) electrons. The average molecular weight is 219 g/mol. The third-order valence-corrected chi connectivity index (χ3v) is 3.56. The Morgan fingerprint density at radius 2 is 2.00 bits per heavy atom. The van der Waals surface area contributed by atoms with E-state index >= 15 is 0 Å². The summed E-state index contributed by atoms with van der Waals surface area (Å²) in [6.45, 7) is 5.95. The Morgan fingerprint density at radius 1 is 1.31 bits per heavy atom. The topological polar surface area (TPSA) is 23.5 Å². The zero-order chi connectivity index (χ0) is 11.6. The van der Waals surface area contributed by atoms with E-state index in [1.165, 1.54) is 12.1 Å². The van der Waals surface area contributed by atoms with E-state index in [-0.39, 0.29) is 5.54 Å². The zero-order valence-corrected chi connectivity index (χ0v) is 10.2. The number of hydrogen-bond acceptors (Lipinski definition) is 2. The van der Waals surface area contributed by atoms with Crippen LogP contribution in [-0.2, 0) is 0 Å². The fourth-order valence-corrected chi connectivity index (χ4v) is 2.83. The first-order valence-electron chi connectivity index (χ1n) is 6.07. The predicted molar refractivity (Wildman–Crippen MR) is 67.7 cm³/mol. The molecular formula is C14H21NO. The van der Waals surface area contributed by atoms with Gasteiger partial charge in [-0.05, 0) is 44.7 Å². The fraction of sp³-hybridized carbons (Fsp3) is 0.571. The Labute approximate surface area is 97.9 Å². The first-order chi connectivity index (χ1) is 7.63. The second-order valence-electron chi connectivity index (χ2n) is 5.34. The van der Waals surface area contributed by atoms with Gasteiger partial charge in [-0.2, -0.15) is 0 Å². The predicted octanol–water partition coefficient (Wildman–Crippen LogP) is 2.67. The van der Waals surface area contributed by atoms with E-state index in [9.17, 15) is 0 Å². The van der Waals surface area contributed by atoms with Crippen molar-refractivity contribution in [3.05, 3.63) is 30.3 Å². The van der Waals surface area contributed by atoms with Gasteiger partial charge < -0.3 is 10.0 Å². The quantitative estimate of drug-likeness (QED) is 0.845. The molecule has 16 heavy (non-hydrogen) atoms. The Bertz CT molecular complexity index is 334. The van der Waals surface area contributed by atoms with Gasteiger partial charge in [0.15, 0.2) is 0 Å². The van der Waals surface area contributed by atoms with E-state index in [1.54, 1.807) is 0 Å². The maximum absolute atomic E-state index is 9.04. The highest BCUT2D eigenvalue weighted by molar-refractivity contribution is 5.49. The SMILES string of the molecule is CC1(C)CC(CCO)CN1c1ccccc1. The van der Waals surface area contributed by atoms with E-state index < -0.39 is 0 Å². The van der Waals surface area contributed by atoms with Crippen molar-refractivity contribution in [3.63, 3.8) is 0 Å². The van der Waals surface area contributed by atoms with Crippen molar-refractivity contribution in [2.24, 2.45) is 5.92 Å². The van der Waals surface area contributed by atoms with E-state index in [2.05, 4.69) is 49.1 Å². The third kappa shape index (κ3) is 2.22. The summed E-state index contributed by atoms with van der Waals surface area (Å²) in [5.41, 5.74) is 1.51. The summed E-state index contributed by atoms with van der Waals surface area (Å²) in [6, 6.07) is 10.6. The van der Waals surface area contributed by atoms with Gasteiger partial charge in [-0.15, -0.1) is 0 Å². The summed E-state index contributed by atoms with van der Waals surface area (Å²) in [6.07, 6.45) is 2.09. The highest BCUT2D eigenvalue weighted by Gasteiger charge is 2.37. The minimum Gasteiger partial charge on any atom is -0.396 e. The number of benzene rings is 1. The molecule has 1 aromatic rings. The molecule has 2 nitrogen and oxygen atoms in total. The maximum Gasteiger partial charge on any atom is 0.0434 e. The second kappa shape index (κ2) is 4.46. The van der Waals surface area contributed by atoms with Crippen LogP contribution in [0.4, 0.5) is 5.69 Å². The molecule has 1 unspecified atom stereocenters. The van der Waals surface area contributed by atoms with Crippen molar-refractivity contribution in [1.82, 2.24) is 0 Å². The molecule has 1 aromatic carbocycles. The van der Waals surface area contributed by atoms with Crippen molar-refractivity contribution in [1.29, 1.82) is 0 Å². The van der Waals surface area contributed by atoms with E-state index in [0.29, 0.717) is 12.5 Å². The number of para-hydroxylation sites is 1. The molecule has 2 heteroatoms. The van der Waals surface area contributed by atoms with Crippen LogP contribution >= 0.6 is 0 Å². The number of aliphatic hydroxyl groups excluding tert-OH is 1. The van der Waals surface area contributed by atoms with Gasteiger partial charge in [0.05, 0.1) is 0 Å². The lowest BCUT2D eigenvalue weighted by Gasteiger charge is -2.33. The summed E-state index contributed by atoms with van der Waals surface area (Å²) >= 11 is 0. The van der Waals surface area contributed by atoms with Gasteiger partial charge in [0, 0.05) is 24.4 Å². The summed E-state index contributed by atoms with van der Waals surface area (Å²) in [4.78, 5) is 2.47. The van der Waals surface area contributed by atoms with Crippen molar-refractivity contribution < 1.29 is 5.11 Å². The molecule has 0 bridgehead atoms. The van der Waals surface area contributed by atoms with Gasteiger partial charge in [-0.25, -0.2) is 0 Å². The van der Waals surface area contributed by atoms with Crippen LogP contribution < -0.4 is 4.90 Å². The number of anilines is 1. The highest BCUT2D eigenvalue weighted by atomic mass is 16.3. The van der Waals surface area contributed by atoms with E-state index in [4.69, 9.17) is 5.11 Å². The molecule has 1 aliphatic rings.